The Morgan fingerprint density at radius 1 is 1.33 bits per heavy atom. The Labute approximate surface area is 101 Å². The molecule has 2 rings (SSSR count). The fraction of sp³-hybridized carbons (Fsp3) is 0.444. The van der Waals surface area contributed by atoms with E-state index in [0.29, 0.717) is 5.65 Å². The second kappa shape index (κ2) is 4.90. The van der Waals surface area contributed by atoms with E-state index in [4.69, 9.17) is 11.6 Å². The molecule has 0 saturated heterocycles. The molecule has 0 aliphatic rings. The molecule has 0 unspecified atom stereocenters. The predicted octanol–water partition coefficient (Wildman–Crippen LogP) is 2.72. The number of alkyl halides is 1. The van der Waals surface area contributed by atoms with Crippen molar-refractivity contribution in [3.63, 3.8) is 0 Å². The first-order chi connectivity index (χ1) is 7.29. The van der Waals surface area contributed by atoms with Crippen LogP contribution in [0.25, 0.3) is 11.2 Å². The van der Waals surface area contributed by atoms with Crippen molar-refractivity contribution in [1.82, 2.24) is 19.9 Å². The first-order valence-corrected chi connectivity index (χ1v) is 6.22. The van der Waals surface area contributed by atoms with E-state index in [9.17, 15) is 0 Å². The predicted molar refractivity (Wildman–Crippen MR) is 63.4 cm³/mol. The summed E-state index contributed by atoms with van der Waals surface area (Å²) in [4.78, 5) is 15.4. The number of unbranched alkanes of at least 4 members (excludes halogenated alkanes) is 1. The van der Waals surface area contributed by atoms with Crippen LogP contribution in [0.4, 0.5) is 0 Å². The first-order valence-electron chi connectivity index (χ1n) is 4.72. The molecule has 0 atom stereocenters. The molecule has 0 saturated carbocycles. The third-order valence-corrected chi connectivity index (χ3v) is 2.80. The number of fused-ring (bicyclic) bond motifs is 1. The summed E-state index contributed by atoms with van der Waals surface area (Å²) in [6, 6.07) is 0. The second-order valence-electron chi connectivity index (χ2n) is 3.21. The van der Waals surface area contributed by atoms with E-state index in [-0.39, 0.29) is 5.28 Å². The molecule has 2 aromatic rings. The summed E-state index contributed by atoms with van der Waals surface area (Å²) in [5, 5.41) is 1.26. The third kappa shape index (κ3) is 2.66. The maximum Gasteiger partial charge on any atom is 0.224 e. The zero-order valence-electron chi connectivity index (χ0n) is 8.00. The van der Waals surface area contributed by atoms with Gasteiger partial charge < -0.3 is 4.98 Å². The van der Waals surface area contributed by atoms with E-state index < -0.39 is 0 Å². The molecule has 1 N–H and O–H groups in total. The fourth-order valence-corrected chi connectivity index (χ4v) is 1.87. The minimum Gasteiger partial charge on any atom is -0.339 e. The maximum absolute atomic E-state index is 5.67. The van der Waals surface area contributed by atoms with Crippen LogP contribution < -0.4 is 0 Å². The third-order valence-electron chi connectivity index (χ3n) is 2.06. The average molecular weight is 290 g/mol. The highest BCUT2D eigenvalue weighted by Gasteiger charge is 2.04. The van der Waals surface area contributed by atoms with Gasteiger partial charge in [-0.15, -0.1) is 0 Å². The van der Waals surface area contributed by atoms with E-state index in [1.807, 2.05) is 0 Å². The van der Waals surface area contributed by atoms with Crippen LogP contribution in [0.3, 0.4) is 0 Å². The summed E-state index contributed by atoms with van der Waals surface area (Å²) in [5.41, 5.74) is 1.48. The number of hydrogen-bond acceptors (Lipinski definition) is 3. The molecular weight excluding hydrogens is 279 g/mol. The van der Waals surface area contributed by atoms with Crippen LogP contribution in [-0.2, 0) is 6.42 Å². The molecule has 0 aliphatic carbocycles. The first kappa shape index (κ1) is 10.8. The van der Waals surface area contributed by atoms with Crippen molar-refractivity contribution >= 4 is 38.7 Å². The number of imidazole rings is 1. The van der Waals surface area contributed by atoms with Crippen LogP contribution in [0, 0.1) is 0 Å². The van der Waals surface area contributed by atoms with E-state index in [1.54, 1.807) is 6.20 Å². The average Bonchev–Trinajstić information content (AvgIpc) is 2.60. The Balaban J connectivity index is 2.16. The number of hydrogen-bond donors (Lipinski definition) is 1. The van der Waals surface area contributed by atoms with Crippen molar-refractivity contribution in [1.29, 1.82) is 0 Å². The van der Waals surface area contributed by atoms with Gasteiger partial charge in [0.2, 0.25) is 5.28 Å². The molecule has 0 radical (unpaired) electrons. The fourth-order valence-electron chi connectivity index (χ4n) is 1.34. The Bertz CT molecular complexity index is 456. The maximum atomic E-state index is 5.67. The Morgan fingerprint density at radius 2 is 2.20 bits per heavy atom. The number of aromatic amines is 1. The van der Waals surface area contributed by atoms with Gasteiger partial charge in [0.1, 0.15) is 11.3 Å². The summed E-state index contributed by atoms with van der Waals surface area (Å²) >= 11 is 9.07. The van der Waals surface area contributed by atoms with E-state index >= 15 is 0 Å². The minimum absolute atomic E-state index is 0.237. The number of H-pyrrole nitrogens is 1. The van der Waals surface area contributed by atoms with Gasteiger partial charge in [0.25, 0.3) is 0 Å². The Kier molecular flexibility index (Phi) is 3.53. The number of nitrogens with one attached hydrogen (secondary N) is 1. The molecule has 0 aromatic carbocycles. The molecular formula is C9H10BrClN4. The van der Waals surface area contributed by atoms with Gasteiger partial charge >= 0.3 is 0 Å². The van der Waals surface area contributed by atoms with Gasteiger partial charge in [-0.2, -0.15) is 4.98 Å². The van der Waals surface area contributed by atoms with Gasteiger partial charge in [0.05, 0.1) is 6.20 Å². The largest absolute Gasteiger partial charge is 0.339 e. The number of aryl methyl sites for hydroxylation is 1. The van der Waals surface area contributed by atoms with Gasteiger partial charge in [-0.05, 0) is 24.4 Å². The Morgan fingerprint density at radius 3 is 3.00 bits per heavy atom. The number of nitrogens with zero attached hydrogens (tertiary/aromatic N) is 3. The lowest BCUT2D eigenvalue weighted by Crippen LogP contribution is -1.88. The normalized spacial score (nSPS) is 11.1. The zero-order chi connectivity index (χ0) is 10.7. The van der Waals surface area contributed by atoms with Crippen LogP contribution in [0.15, 0.2) is 6.20 Å². The molecule has 0 amide bonds. The lowest BCUT2D eigenvalue weighted by atomic mass is 10.2. The highest BCUT2D eigenvalue weighted by Crippen LogP contribution is 2.11. The summed E-state index contributed by atoms with van der Waals surface area (Å²) in [7, 11) is 0. The SMILES string of the molecule is Clc1ncc2[nH]c(CCCCBr)nc2n1. The molecule has 80 valence electrons. The lowest BCUT2D eigenvalue weighted by Gasteiger charge is -1.92. The van der Waals surface area contributed by atoms with Crippen LogP contribution in [0.5, 0.6) is 0 Å². The van der Waals surface area contributed by atoms with Gasteiger partial charge in [0.15, 0.2) is 5.65 Å². The highest BCUT2D eigenvalue weighted by molar-refractivity contribution is 9.09. The molecule has 6 heteroatoms. The van der Waals surface area contributed by atoms with Gasteiger partial charge in [0, 0.05) is 11.8 Å². The summed E-state index contributed by atoms with van der Waals surface area (Å²) in [6.45, 7) is 0. The quantitative estimate of drug-likeness (QED) is 0.535. The van der Waals surface area contributed by atoms with Crippen LogP contribution in [-0.4, -0.2) is 25.3 Å². The highest BCUT2D eigenvalue weighted by atomic mass is 79.9. The minimum atomic E-state index is 0.237. The van der Waals surface area contributed by atoms with E-state index in [2.05, 4.69) is 35.9 Å². The van der Waals surface area contributed by atoms with Gasteiger partial charge in [-0.25, -0.2) is 9.97 Å². The summed E-state index contributed by atoms with van der Waals surface area (Å²) in [6.07, 6.45) is 4.83. The molecule has 15 heavy (non-hydrogen) atoms. The lowest BCUT2D eigenvalue weighted by molar-refractivity contribution is 0.773. The molecule has 0 spiro atoms. The molecule has 0 fully saturated rings. The van der Waals surface area contributed by atoms with Crippen molar-refractivity contribution in [3.8, 4) is 0 Å². The second-order valence-corrected chi connectivity index (χ2v) is 4.34. The molecule has 4 nitrogen and oxygen atoms in total. The van der Waals surface area contributed by atoms with Crippen molar-refractivity contribution in [2.75, 3.05) is 5.33 Å². The topological polar surface area (TPSA) is 54.5 Å². The van der Waals surface area contributed by atoms with Crippen molar-refractivity contribution in [3.05, 3.63) is 17.3 Å². The van der Waals surface area contributed by atoms with Gasteiger partial charge in [-0.3, -0.25) is 0 Å². The van der Waals surface area contributed by atoms with Crippen molar-refractivity contribution in [2.45, 2.75) is 19.3 Å². The van der Waals surface area contributed by atoms with Crippen LogP contribution in [0.2, 0.25) is 5.28 Å². The van der Waals surface area contributed by atoms with E-state index in [1.165, 1.54) is 0 Å². The van der Waals surface area contributed by atoms with Crippen LogP contribution in [0.1, 0.15) is 18.7 Å². The zero-order valence-corrected chi connectivity index (χ0v) is 10.3. The molecule has 0 bridgehead atoms. The summed E-state index contributed by atoms with van der Waals surface area (Å²) < 4.78 is 0. The smallest absolute Gasteiger partial charge is 0.224 e. The number of rotatable bonds is 4. The molecule has 2 aromatic heterocycles. The molecule has 0 aliphatic heterocycles. The standard InChI is InChI=1S/C9H10BrClN4/c10-4-2-1-3-7-13-6-5-12-9(11)15-8(6)14-7/h5H,1-4H2,(H,12,13,14,15). The van der Waals surface area contributed by atoms with Crippen LogP contribution >= 0.6 is 27.5 Å². The van der Waals surface area contributed by atoms with Crippen molar-refractivity contribution < 1.29 is 0 Å². The van der Waals surface area contributed by atoms with Crippen molar-refractivity contribution in [2.24, 2.45) is 0 Å². The number of aromatic nitrogens is 4. The number of halogens is 2. The van der Waals surface area contributed by atoms with Gasteiger partial charge in [-0.1, -0.05) is 15.9 Å². The monoisotopic (exact) mass is 288 g/mol. The Hall–Kier alpha value is -0.680. The molecule has 2 heterocycles. The van der Waals surface area contributed by atoms with E-state index in [0.717, 1.165) is 35.9 Å². The summed E-state index contributed by atoms with van der Waals surface area (Å²) in [5.74, 6) is 0.947.